The van der Waals surface area contributed by atoms with E-state index in [1.165, 1.54) is 12.8 Å². The molecule has 1 fully saturated rings. The molecule has 1 aliphatic rings. The van der Waals surface area contributed by atoms with Gasteiger partial charge in [0, 0.05) is 35.3 Å². The van der Waals surface area contributed by atoms with E-state index in [1.807, 2.05) is 49.7 Å². The molecule has 0 unspecified atom stereocenters. The molecule has 1 aromatic heterocycles. The Morgan fingerprint density at radius 3 is 2.48 bits per heavy atom. The molecule has 1 heterocycles. The summed E-state index contributed by atoms with van der Waals surface area (Å²) in [6.07, 6.45) is 4.44. The summed E-state index contributed by atoms with van der Waals surface area (Å²) in [6.45, 7) is 6.36. The molecule has 27 heavy (non-hydrogen) atoms. The zero-order valence-electron chi connectivity index (χ0n) is 16.3. The van der Waals surface area contributed by atoms with E-state index in [0.717, 1.165) is 40.6 Å². The van der Waals surface area contributed by atoms with E-state index in [4.69, 9.17) is 9.47 Å². The van der Waals surface area contributed by atoms with E-state index in [0.29, 0.717) is 5.92 Å². The third-order valence-electron chi connectivity index (χ3n) is 4.63. The van der Waals surface area contributed by atoms with Gasteiger partial charge >= 0.3 is 0 Å². The minimum Gasteiger partial charge on any atom is -0.493 e. The predicted octanol–water partition coefficient (Wildman–Crippen LogP) is 4.28. The van der Waals surface area contributed by atoms with Gasteiger partial charge in [0.1, 0.15) is 0 Å². The lowest BCUT2D eigenvalue weighted by molar-refractivity contribution is 0.280. The molecule has 0 saturated heterocycles. The highest BCUT2D eigenvalue weighted by Crippen LogP contribution is 2.34. The summed E-state index contributed by atoms with van der Waals surface area (Å²) in [6, 6.07) is 9.11. The van der Waals surface area contributed by atoms with Crippen molar-refractivity contribution in [2.75, 3.05) is 13.7 Å². The Hall–Kier alpha value is -2.93. The van der Waals surface area contributed by atoms with Crippen molar-refractivity contribution in [2.45, 2.75) is 33.6 Å². The molecular weight excluding hydrogens is 338 g/mol. The summed E-state index contributed by atoms with van der Waals surface area (Å²) in [7, 11) is 1.65. The van der Waals surface area contributed by atoms with Crippen LogP contribution in [0, 0.1) is 31.6 Å². The van der Waals surface area contributed by atoms with Gasteiger partial charge in [0.05, 0.1) is 13.7 Å². The van der Waals surface area contributed by atoms with Crippen LogP contribution in [0.5, 0.6) is 11.5 Å². The van der Waals surface area contributed by atoms with Gasteiger partial charge in [0.2, 0.25) is 0 Å². The molecule has 2 aromatic rings. The Kier molecular flexibility index (Phi) is 5.71. The van der Waals surface area contributed by atoms with E-state index in [2.05, 4.69) is 11.8 Å². The molecule has 1 saturated carbocycles. The largest absolute Gasteiger partial charge is 0.493 e. The SMILES string of the molecule is CC#CC(=Cn1c(C)cc(=O)cc1C)c1ccc(OC)c(OCC2CC2)c1. The molecule has 0 spiro atoms. The minimum absolute atomic E-state index is 0.0120. The Bertz CT molecular complexity index is 959. The Labute approximate surface area is 160 Å². The number of aryl methyl sites for hydroxylation is 2. The highest BCUT2D eigenvalue weighted by molar-refractivity contribution is 5.87. The first-order valence-electron chi connectivity index (χ1n) is 9.17. The molecule has 0 bridgehead atoms. The number of benzene rings is 1. The topological polar surface area (TPSA) is 40.5 Å². The standard InChI is InChI=1S/C23H25NO3/c1-5-6-20(14-24-16(2)11-21(25)12-17(24)3)19-9-10-22(26-4)23(13-19)27-15-18-7-8-18/h9-14,18H,7-8,15H2,1-4H3. The lowest BCUT2D eigenvalue weighted by Gasteiger charge is -2.14. The van der Waals surface area contributed by atoms with Crippen molar-refractivity contribution in [1.82, 2.24) is 4.57 Å². The van der Waals surface area contributed by atoms with Gasteiger partial charge in [-0.1, -0.05) is 5.92 Å². The summed E-state index contributed by atoms with van der Waals surface area (Å²) >= 11 is 0. The molecule has 0 aliphatic heterocycles. The monoisotopic (exact) mass is 363 g/mol. The Morgan fingerprint density at radius 1 is 1.19 bits per heavy atom. The van der Waals surface area contributed by atoms with E-state index >= 15 is 0 Å². The number of hydrogen-bond acceptors (Lipinski definition) is 3. The number of aromatic nitrogens is 1. The van der Waals surface area contributed by atoms with E-state index in [1.54, 1.807) is 19.2 Å². The van der Waals surface area contributed by atoms with Crippen LogP contribution in [-0.4, -0.2) is 18.3 Å². The van der Waals surface area contributed by atoms with E-state index in [9.17, 15) is 4.79 Å². The first-order valence-corrected chi connectivity index (χ1v) is 9.17. The van der Waals surface area contributed by atoms with Crippen molar-refractivity contribution >= 4 is 11.8 Å². The maximum Gasteiger partial charge on any atom is 0.182 e. The van der Waals surface area contributed by atoms with Gasteiger partial charge in [-0.2, -0.15) is 0 Å². The second-order valence-electron chi connectivity index (χ2n) is 6.88. The molecule has 140 valence electrons. The molecule has 0 N–H and O–H groups in total. The normalized spacial score (nSPS) is 13.7. The molecule has 1 aromatic carbocycles. The van der Waals surface area contributed by atoms with Crippen molar-refractivity contribution in [1.29, 1.82) is 0 Å². The van der Waals surface area contributed by atoms with E-state index < -0.39 is 0 Å². The first-order chi connectivity index (χ1) is 13.0. The first kappa shape index (κ1) is 18.8. The van der Waals surface area contributed by atoms with Crippen LogP contribution >= 0.6 is 0 Å². The van der Waals surface area contributed by atoms with Crippen LogP contribution in [0.2, 0.25) is 0 Å². The Balaban J connectivity index is 2.02. The summed E-state index contributed by atoms with van der Waals surface area (Å²) in [5.74, 6) is 8.27. The second-order valence-corrected chi connectivity index (χ2v) is 6.88. The number of hydrogen-bond donors (Lipinski definition) is 0. The zero-order chi connectivity index (χ0) is 19.4. The summed E-state index contributed by atoms with van der Waals surface area (Å²) in [5.41, 5.74) is 3.56. The van der Waals surface area contributed by atoms with Crippen LogP contribution in [0.15, 0.2) is 35.1 Å². The summed E-state index contributed by atoms with van der Waals surface area (Å²) in [4.78, 5) is 11.7. The van der Waals surface area contributed by atoms with Crippen LogP contribution in [0.4, 0.5) is 0 Å². The average molecular weight is 363 g/mol. The fraction of sp³-hybridized carbons (Fsp3) is 0.348. The van der Waals surface area contributed by atoms with Crippen LogP contribution in [0.25, 0.3) is 11.8 Å². The maximum atomic E-state index is 11.7. The number of rotatable bonds is 6. The number of pyridine rings is 1. The lowest BCUT2D eigenvalue weighted by atomic mass is 10.1. The van der Waals surface area contributed by atoms with Crippen LogP contribution in [0.3, 0.4) is 0 Å². The van der Waals surface area contributed by atoms with Gasteiger partial charge in [-0.25, -0.2) is 0 Å². The molecule has 3 rings (SSSR count). The van der Waals surface area contributed by atoms with Crippen molar-refractivity contribution < 1.29 is 9.47 Å². The highest BCUT2D eigenvalue weighted by atomic mass is 16.5. The molecule has 0 atom stereocenters. The molecule has 0 radical (unpaired) electrons. The van der Waals surface area contributed by atoms with Gasteiger partial charge < -0.3 is 14.0 Å². The molecule has 4 nitrogen and oxygen atoms in total. The number of methoxy groups -OCH3 is 1. The van der Waals surface area contributed by atoms with Crippen molar-refractivity contribution in [3.63, 3.8) is 0 Å². The number of ether oxygens (including phenoxy) is 2. The van der Waals surface area contributed by atoms with Crippen LogP contribution in [-0.2, 0) is 0 Å². The Morgan fingerprint density at radius 2 is 1.89 bits per heavy atom. The highest BCUT2D eigenvalue weighted by Gasteiger charge is 2.22. The van der Waals surface area contributed by atoms with Gasteiger partial charge in [0.15, 0.2) is 16.9 Å². The fourth-order valence-corrected chi connectivity index (χ4v) is 2.97. The van der Waals surface area contributed by atoms with Crippen molar-refractivity contribution in [2.24, 2.45) is 5.92 Å². The molecular formula is C23H25NO3. The summed E-state index contributed by atoms with van der Waals surface area (Å²) in [5, 5.41) is 0. The van der Waals surface area contributed by atoms with Gasteiger partial charge in [-0.15, -0.1) is 5.92 Å². The van der Waals surface area contributed by atoms with Gasteiger partial charge in [-0.3, -0.25) is 4.79 Å². The minimum atomic E-state index is 0.0120. The average Bonchev–Trinajstić information content (AvgIpc) is 3.46. The summed E-state index contributed by atoms with van der Waals surface area (Å²) < 4.78 is 13.4. The van der Waals surface area contributed by atoms with Crippen LogP contribution < -0.4 is 14.9 Å². The molecule has 4 heteroatoms. The molecule has 1 aliphatic carbocycles. The van der Waals surface area contributed by atoms with Gasteiger partial charge in [0.25, 0.3) is 0 Å². The third-order valence-corrected chi connectivity index (χ3v) is 4.63. The number of nitrogens with zero attached hydrogens (tertiary/aromatic N) is 1. The zero-order valence-corrected chi connectivity index (χ0v) is 16.3. The predicted molar refractivity (Wildman–Crippen MR) is 109 cm³/mol. The quantitative estimate of drug-likeness (QED) is 0.719. The van der Waals surface area contributed by atoms with Crippen molar-refractivity contribution in [3.05, 3.63) is 57.5 Å². The van der Waals surface area contributed by atoms with Crippen molar-refractivity contribution in [3.8, 4) is 23.3 Å². The number of allylic oxidation sites excluding steroid dienone is 1. The van der Waals surface area contributed by atoms with E-state index in [-0.39, 0.29) is 5.43 Å². The third kappa shape index (κ3) is 4.62. The van der Waals surface area contributed by atoms with Crippen LogP contribution in [0.1, 0.15) is 36.7 Å². The second kappa shape index (κ2) is 8.18. The van der Waals surface area contributed by atoms with Gasteiger partial charge in [-0.05, 0) is 63.3 Å². The maximum absolute atomic E-state index is 11.7. The lowest BCUT2D eigenvalue weighted by Crippen LogP contribution is -2.09. The molecule has 0 amide bonds. The smallest absolute Gasteiger partial charge is 0.182 e. The fourth-order valence-electron chi connectivity index (χ4n) is 2.97.